The molecular formula is C16H16BrClS. The van der Waals surface area contributed by atoms with E-state index in [1.807, 2.05) is 0 Å². The van der Waals surface area contributed by atoms with Crippen molar-refractivity contribution in [3.8, 4) is 0 Å². The summed E-state index contributed by atoms with van der Waals surface area (Å²) in [5.41, 5.74) is 4.22. The van der Waals surface area contributed by atoms with Gasteiger partial charge in [-0.2, -0.15) is 0 Å². The highest BCUT2D eigenvalue weighted by Crippen LogP contribution is 2.47. The number of benzene rings is 1. The third kappa shape index (κ3) is 2.63. The average molecular weight is 356 g/mol. The van der Waals surface area contributed by atoms with E-state index in [0.29, 0.717) is 10.7 Å². The van der Waals surface area contributed by atoms with E-state index in [1.54, 1.807) is 11.3 Å². The molecule has 1 aromatic carbocycles. The lowest BCUT2D eigenvalue weighted by atomic mass is 9.81. The van der Waals surface area contributed by atoms with Crippen LogP contribution in [0.4, 0.5) is 0 Å². The van der Waals surface area contributed by atoms with Gasteiger partial charge in [0, 0.05) is 10.8 Å². The Hall–Kier alpha value is -0.310. The molecule has 0 amide bonds. The highest BCUT2D eigenvalue weighted by molar-refractivity contribution is 9.09. The molecule has 0 nitrogen and oxygen atoms in total. The van der Waals surface area contributed by atoms with E-state index in [0.717, 1.165) is 4.34 Å². The van der Waals surface area contributed by atoms with Gasteiger partial charge in [0.05, 0.1) is 9.16 Å². The summed E-state index contributed by atoms with van der Waals surface area (Å²) in [5, 5.41) is 0. The van der Waals surface area contributed by atoms with Gasteiger partial charge in [-0.15, -0.1) is 11.3 Å². The first kappa shape index (κ1) is 13.7. The third-order valence-corrected chi connectivity index (χ3v) is 6.99. The van der Waals surface area contributed by atoms with E-state index in [4.69, 9.17) is 11.6 Å². The minimum Gasteiger partial charge on any atom is -0.127 e. The molecule has 0 saturated heterocycles. The maximum Gasteiger partial charge on any atom is 0.0960 e. The number of aryl methyl sites for hydroxylation is 2. The van der Waals surface area contributed by atoms with Gasteiger partial charge in [-0.3, -0.25) is 0 Å². The molecule has 1 aliphatic carbocycles. The summed E-state index contributed by atoms with van der Waals surface area (Å²) < 4.78 is 0.920. The Bertz CT molecular complexity index is 571. The van der Waals surface area contributed by atoms with Gasteiger partial charge in [0.2, 0.25) is 0 Å². The topological polar surface area (TPSA) is 0 Å². The molecule has 0 fully saturated rings. The van der Waals surface area contributed by atoms with E-state index in [1.165, 1.54) is 40.8 Å². The van der Waals surface area contributed by atoms with E-state index in [-0.39, 0.29) is 0 Å². The highest BCUT2D eigenvalue weighted by Gasteiger charge is 2.28. The number of halogens is 2. The Morgan fingerprint density at radius 2 is 2.16 bits per heavy atom. The standard InChI is InChI=1S/C16H16BrClS/c1-10-9-14(19-16(10)18)15(17)13-8-4-6-11-5-2-3-7-12(11)13/h2-3,5,7,9,13,15H,4,6,8H2,1H3. The smallest absolute Gasteiger partial charge is 0.0960 e. The van der Waals surface area contributed by atoms with Crippen LogP contribution in [0.5, 0.6) is 0 Å². The molecule has 2 aromatic rings. The van der Waals surface area contributed by atoms with Crippen LogP contribution in [0, 0.1) is 6.92 Å². The van der Waals surface area contributed by atoms with E-state index < -0.39 is 0 Å². The molecule has 3 rings (SSSR count). The van der Waals surface area contributed by atoms with Crippen molar-refractivity contribution >= 4 is 38.9 Å². The molecule has 100 valence electrons. The molecule has 0 radical (unpaired) electrons. The molecule has 0 aliphatic heterocycles. The van der Waals surface area contributed by atoms with Crippen LogP contribution in [0.3, 0.4) is 0 Å². The normalized spacial score (nSPS) is 20.1. The number of alkyl halides is 1. The van der Waals surface area contributed by atoms with Crippen LogP contribution in [0.15, 0.2) is 30.3 Å². The van der Waals surface area contributed by atoms with Gasteiger partial charge in [0.1, 0.15) is 0 Å². The Kier molecular flexibility index (Phi) is 4.02. The molecule has 0 spiro atoms. The fourth-order valence-corrected chi connectivity index (χ4v) is 5.14. The Labute approximate surface area is 131 Å². The van der Waals surface area contributed by atoms with E-state index in [9.17, 15) is 0 Å². The molecule has 1 heterocycles. The zero-order valence-corrected chi connectivity index (χ0v) is 14.0. The molecule has 0 N–H and O–H groups in total. The Morgan fingerprint density at radius 3 is 2.89 bits per heavy atom. The van der Waals surface area contributed by atoms with Gasteiger partial charge in [0.25, 0.3) is 0 Å². The predicted octanol–water partition coefficient (Wildman–Crippen LogP) is 6.27. The molecule has 3 heteroatoms. The summed E-state index contributed by atoms with van der Waals surface area (Å²) in [4.78, 5) is 1.73. The van der Waals surface area contributed by atoms with Crippen molar-refractivity contribution in [2.75, 3.05) is 0 Å². The maximum absolute atomic E-state index is 6.21. The number of thiophene rings is 1. The van der Waals surface area contributed by atoms with Crippen molar-refractivity contribution in [2.45, 2.75) is 36.9 Å². The van der Waals surface area contributed by atoms with E-state index >= 15 is 0 Å². The molecule has 0 bridgehead atoms. The van der Waals surface area contributed by atoms with Crippen LogP contribution >= 0.6 is 38.9 Å². The van der Waals surface area contributed by atoms with Crippen molar-refractivity contribution < 1.29 is 0 Å². The number of fused-ring (bicyclic) bond motifs is 1. The van der Waals surface area contributed by atoms with Gasteiger partial charge in [-0.1, -0.05) is 51.8 Å². The summed E-state index contributed by atoms with van der Waals surface area (Å²) in [6.07, 6.45) is 3.75. The second-order valence-corrected chi connectivity index (χ2v) is 7.88. The van der Waals surface area contributed by atoms with Crippen molar-refractivity contribution in [3.05, 3.63) is 56.2 Å². The monoisotopic (exact) mass is 354 g/mol. The molecule has 1 aromatic heterocycles. The van der Waals surface area contributed by atoms with Crippen LogP contribution in [0.2, 0.25) is 4.34 Å². The molecule has 2 unspecified atom stereocenters. The number of hydrogen-bond acceptors (Lipinski definition) is 1. The van der Waals surface area contributed by atoms with Crippen molar-refractivity contribution in [1.82, 2.24) is 0 Å². The van der Waals surface area contributed by atoms with Crippen LogP contribution in [0.1, 0.15) is 45.2 Å². The van der Waals surface area contributed by atoms with Gasteiger partial charge in [-0.05, 0) is 48.9 Å². The minimum atomic E-state index is 0.380. The lowest BCUT2D eigenvalue weighted by Crippen LogP contribution is -2.13. The largest absolute Gasteiger partial charge is 0.127 e. The zero-order chi connectivity index (χ0) is 13.4. The molecule has 0 saturated carbocycles. The Balaban J connectivity index is 1.95. The van der Waals surface area contributed by atoms with Crippen LogP contribution < -0.4 is 0 Å². The summed E-state index contributed by atoms with van der Waals surface area (Å²) in [5.74, 6) is 0.569. The number of rotatable bonds is 2. The minimum absolute atomic E-state index is 0.380. The summed E-state index contributed by atoms with van der Waals surface area (Å²) in [6, 6.07) is 11.1. The van der Waals surface area contributed by atoms with Crippen LogP contribution in [-0.2, 0) is 6.42 Å². The average Bonchev–Trinajstić information content (AvgIpc) is 2.77. The first-order valence-electron chi connectivity index (χ1n) is 6.64. The van der Waals surface area contributed by atoms with Crippen LogP contribution in [0.25, 0.3) is 0 Å². The van der Waals surface area contributed by atoms with Crippen molar-refractivity contribution in [2.24, 2.45) is 0 Å². The van der Waals surface area contributed by atoms with Crippen molar-refractivity contribution in [3.63, 3.8) is 0 Å². The Morgan fingerprint density at radius 1 is 1.37 bits per heavy atom. The number of hydrogen-bond donors (Lipinski definition) is 0. The second-order valence-electron chi connectivity index (χ2n) is 5.20. The summed E-state index contributed by atoms with van der Waals surface area (Å²) in [6.45, 7) is 2.08. The summed E-state index contributed by atoms with van der Waals surface area (Å²) >= 11 is 11.8. The van der Waals surface area contributed by atoms with Crippen molar-refractivity contribution in [1.29, 1.82) is 0 Å². The van der Waals surface area contributed by atoms with Gasteiger partial charge < -0.3 is 0 Å². The first-order chi connectivity index (χ1) is 9.16. The predicted molar refractivity (Wildman–Crippen MR) is 87.9 cm³/mol. The fourth-order valence-electron chi connectivity index (χ4n) is 2.91. The second kappa shape index (κ2) is 5.59. The van der Waals surface area contributed by atoms with E-state index in [2.05, 4.69) is 53.2 Å². The third-order valence-electron chi connectivity index (χ3n) is 3.92. The molecule has 2 atom stereocenters. The van der Waals surface area contributed by atoms with Crippen LogP contribution in [-0.4, -0.2) is 0 Å². The quantitative estimate of drug-likeness (QED) is 0.557. The zero-order valence-electron chi connectivity index (χ0n) is 10.8. The van der Waals surface area contributed by atoms with Gasteiger partial charge in [0.15, 0.2) is 0 Å². The SMILES string of the molecule is Cc1cc(C(Br)C2CCCc3ccccc32)sc1Cl. The maximum atomic E-state index is 6.21. The highest BCUT2D eigenvalue weighted by atomic mass is 79.9. The first-order valence-corrected chi connectivity index (χ1v) is 8.75. The molecular weight excluding hydrogens is 340 g/mol. The lowest BCUT2D eigenvalue weighted by molar-refractivity contribution is 0.550. The van der Waals surface area contributed by atoms with Gasteiger partial charge in [-0.25, -0.2) is 0 Å². The molecule has 19 heavy (non-hydrogen) atoms. The lowest BCUT2D eigenvalue weighted by Gasteiger charge is -2.28. The summed E-state index contributed by atoms with van der Waals surface area (Å²) in [7, 11) is 0. The van der Waals surface area contributed by atoms with Gasteiger partial charge >= 0.3 is 0 Å². The fraction of sp³-hybridized carbons (Fsp3) is 0.375. The molecule has 1 aliphatic rings.